The molecular formula is C23H16F2N8O4S. The number of H-pyrrole nitrogens is 1. The molecule has 5 rings (SSSR count). The summed E-state index contributed by atoms with van der Waals surface area (Å²) < 4.78 is 57.7. The van der Waals surface area contributed by atoms with Crippen molar-refractivity contribution in [3.63, 3.8) is 0 Å². The maximum absolute atomic E-state index is 15.4. The standard InChI is InChI=1S/C23H16F2N8O4S/c24-15-7-8-16(32-38(36,37)10-13-4-1-2-6-17(13)33(34)35)18(25)20(15)31-22-14(5-3-9-26-22)19-21-23(29-11-27-19)30-12-28-21/h1-9,11-12,32H,10H2,(H,26,31)(H,27,28,29,30). The lowest BCUT2D eigenvalue weighted by molar-refractivity contribution is -0.385. The van der Waals surface area contributed by atoms with E-state index in [1.54, 1.807) is 12.1 Å². The number of aromatic nitrogens is 5. The van der Waals surface area contributed by atoms with Gasteiger partial charge in [-0.15, -0.1) is 0 Å². The summed E-state index contributed by atoms with van der Waals surface area (Å²) in [6.07, 6.45) is 4.10. The summed E-state index contributed by atoms with van der Waals surface area (Å²) in [6, 6.07) is 10.3. The molecule has 12 nitrogen and oxygen atoms in total. The highest BCUT2D eigenvalue weighted by Gasteiger charge is 2.23. The third-order valence-electron chi connectivity index (χ3n) is 5.42. The van der Waals surface area contributed by atoms with Gasteiger partial charge in [-0.2, -0.15) is 0 Å². The Morgan fingerprint density at radius 3 is 2.63 bits per heavy atom. The number of nitro groups is 1. The largest absolute Gasteiger partial charge is 0.341 e. The molecule has 0 radical (unpaired) electrons. The minimum absolute atomic E-state index is 0.0276. The molecule has 3 N–H and O–H groups in total. The number of pyridine rings is 1. The molecule has 0 fully saturated rings. The Bertz CT molecular complexity index is 1800. The summed E-state index contributed by atoms with van der Waals surface area (Å²) in [6.45, 7) is 0. The lowest BCUT2D eigenvalue weighted by Crippen LogP contribution is -2.17. The number of halogens is 2. The van der Waals surface area contributed by atoms with Crippen molar-refractivity contribution < 1.29 is 22.1 Å². The van der Waals surface area contributed by atoms with E-state index in [0.717, 1.165) is 18.2 Å². The fraction of sp³-hybridized carbons (Fsp3) is 0.0435. The van der Waals surface area contributed by atoms with Gasteiger partial charge in [-0.1, -0.05) is 18.2 Å². The zero-order valence-corrected chi connectivity index (χ0v) is 19.9. The average Bonchev–Trinajstić information content (AvgIpc) is 3.38. The molecule has 2 aromatic carbocycles. The first-order valence-electron chi connectivity index (χ1n) is 10.8. The van der Waals surface area contributed by atoms with E-state index in [-0.39, 0.29) is 11.4 Å². The Labute approximate surface area is 213 Å². The molecule has 0 saturated heterocycles. The van der Waals surface area contributed by atoms with E-state index in [0.29, 0.717) is 22.4 Å². The summed E-state index contributed by atoms with van der Waals surface area (Å²) in [5, 5.41) is 13.8. The van der Waals surface area contributed by atoms with Crippen LogP contribution in [0.3, 0.4) is 0 Å². The number of imidazole rings is 1. The van der Waals surface area contributed by atoms with Crippen molar-refractivity contribution in [1.29, 1.82) is 0 Å². The van der Waals surface area contributed by atoms with E-state index in [9.17, 15) is 22.9 Å². The Kier molecular flexibility index (Phi) is 6.34. The third kappa shape index (κ3) is 4.81. The van der Waals surface area contributed by atoms with Gasteiger partial charge in [-0.05, 0) is 24.3 Å². The number of rotatable bonds is 8. The number of para-hydroxylation sites is 1. The molecule has 0 aliphatic carbocycles. The van der Waals surface area contributed by atoms with Crippen LogP contribution in [0.1, 0.15) is 5.56 Å². The second kappa shape index (κ2) is 9.78. The lowest BCUT2D eigenvalue weighted by atomic mass is 10.1. The molecule has 38 heavy (non-hydrogen) atoms. The van der Waals surface area contributed by atoms with Gasteiger partial charge in [-0.25, -0.2) is 37.1 Å². The summed E-state index contributed by atoms with van der Waals surface area (Å²) >= 11 is 0. The van der Waals surface area contributed by atoms with Gasteiger partial charge in [0.25, 0.3) is 5.69 Å². The van der Waals surface area contributed by atoms with E-state index in [2.05, 4.69) is 30.2 Å². The molecule has 0 spiro atoms. The predicted molar refractivity (Wildman–Crippen MR) is 134 cm³/mol. The van der Waals surface area contributed by atoms with Gasteiger partial charge in [0.15, 0.2) is 11.5 Å². The molecule has 192 valence electrons. The number of hydrogen-bond acceptors (Lipinski definition) is 9. The average molecular weight is 538 g/mol. The molecule has 0 saturated carbocycles. The van der Waals surface area contributed by atoms with Crippen molar-refractivity contribution in [3.05, 3.63) is 94.7 Å². The summed E-state index contributed by atoms with van der Waals surface area (Å²) in [5.41, 5.74) is -0.167. The molecule has 15 heteroatoms. The maximum Gasteiger partial charge on any atom is 0.273 e. The van der Waals surface area contributed by atoms with Gasteiger partial charge < -0.3 is 10.3 Å². The minimum Gasteiger partial charge on any atom is -0.341 e. The number of benzene rings is 2. The minimum atomic E-state index is -4.33. The summed E-state index contributed by atoms with van der Waals surface area (Å²) in [4.78, 5) is 29.9. The number of nitrogens with zero attached hydrogens (tertiary/aromatic N) is 5. The van der Waals surface area contributed by atoms with Gasteiger partial charge in [0.1, 0.15) is 40.6 Å². The van der Waals surface area contributed by atoms with E-state index < -0.39 is 49.4 Å². The van der Waals surface area contributed by atoms with Crippen molar-refractivity contribution in [2.24, 2.45) is 0 Å². The van der Waals surface area contributed by atoms with Crippen LogP contribution in [0.5, 0.6) is 0 Å². The third-order valence-corrected chi connectivity index (χ3v) is 6.64. The van der Waals surface area contributed by atoms with E-state index >= 15 is 4.39 Å². The van der Waals surface area contributed by atoms with Crippen molar-refractivity contribution in [2.75, 3.05) is 10.0 Å². The molecular weight excluding hydrogens is 522 g/mol. The molecule has 0 atom stereocenters. The number of nitrogens with one attached hydrogen (secondary N) is 3. The van der Waals surface area contributed by atoms with Gasteiger partial charge in [0.05, 0.1) is 16.9 Å². The van der Waals surface area contributed by atoms with E-state index in [1.807, 2.05) is 4.72 Å². The van der Waals surface area contributed by atoms with Crippen LogP contribution in [0.15, 0.2) is 67.4 Å². The lowest BCUT2D eigenvalue weighted by Gasteiger charge is -2.15. The highest BCUT2D eigenvalue weighted by Crippen LogP contribution is 2.34. The smallest absolute Gasteiger partial charge is 0.273 e. The van der Waals surface area contributed by atoms with Crippen LogP contribution in [0.2, 0.25) is 0 Å². The van der Waals surface area contributed by atoms with Crippen molar-refractivity contribution in [1.82, 2.24) is 24.9 Å². The molecule has 0 unspecified atom stereocenters. The molecule has 0 amide bonds. The molecule has 0 aliphatic heterocycles. The number of fused-ring (bicyclic) bond motifs is 1. The topological polar surface area (TPSA) is 169 Å². The summed E-state index contributed by atoms with van der Waals surface area (Å²) in [7, 11) is -4.33. The van der Waals surface area contributed by atoms with Crippen molar-refractivity contribution in [3.8, 4) is 11.3 Å². The molecule has 5 aromatic rings. The zero-order chi connectivity index (χ0) is 26.9. The molecule has 0 bridgehead atoms. The normalized spacial score (nSPS) is 11.4. The number of aromatic amines is 1. The second-order valence-corrected chi connectivity index (χ2v) is 9.60. The molecule has 0 aliphatic rings. The Morgan fingerprint density at radius 2 is 1.82 bits per heavy atom. The van der Waals surface area contributed by atoms with Crippen molar-refractivity contribution in [2.45, 2.75) is 5.75 Å². The van der Waals surface area contributed by atoms with Crippen LogP contribution in [0, 0.1) is 21.7 Å². The Balaban J connectivity index is 1.48. The Morgan fingerprint density at radius 1 is 1.00 bits per heavy atom. The van der Waals surface area contributed by atoms with Crippen LogP contribution < -0.4 is 10.0 Å². The highest BCUT2D eigenvalue weighted by atomic mass is 32.2. The van der Waals surface area contributed by atoms with Crippen LogP contribution in [-0.2, 0) is 15.8 Å². The predicted octanol–water partition coefficient (Wildman–Crippen LogP) is 4.29. The Hall–Kier alpha value is -5.05. The van der Waals surface area contributed by atoms with Crippen molar-refractivity contribution >= 4 is 44.1 Å². The number of nitro benzene ring substituents is 1. The van der Waals surface area contributed by atoms with Gasteiger partial charge >= 0.3 is 0 Å². The van der Waals surface area contributed by atoms with E-state index in [4.69, 9.17) is 0 Å². The highest BCUT2D eigenvalue weighted by molar-refractivity contribution is 7.91. The fourth-order valence-corrected chi connectivity index (χ4v) is 4.97. The van der Waals surface area contributed by atoms with Crippen LogP contribution in [0.25, 0.3) is 22.4 Å². The molecule has 3 heterocycles. The zero-order valence-electron chi connectivity index (χ0n) is 19.1. The first kappa shape index (κ1) is 24.6. The second-order valence-electron chi connectivity index (χ2n) is 7.88. The molecule has 3 aromatic heterocycles. The quantitative estimate of drug-likeness (QED) is 0.193. The van der Waals surface area contributed by atoms with Gasteiger partial charge in [-0.3, -0.25) is 14.8 Å². The van der Waals surface area contributed by atoms with Gasteiger partial charge in [0.2, 0.25) is 10.0 Å². The maximum atomic E-state index is 15.4. The van der Waals surface area contributed by atoms with E-state index in [1.165, 1.54) is 37.1 Å². The van der Waals surface area contributed by atoms with Gasteiger partial charge in [0, 0.05) is 23.4 Å². The summed E-state index contributed by atoms with van der Waals surface area (Å²) in [5.74, 6) is -3.04. The van der Waals surface area contributed by atoms with Crippen LogP contribution in [0.4, 0.5) is 31.7 Å². The number of hydrogen-bond donors (Lipinski definition) is 3. The van der Waals surface area contributed by atoms with Crippen LogP contribution >= 0.6 is 0 Å². The first-order valence-corrected chi connectivity index (χ1v) is 12.5. The number of sulfonamides is 1. The first-order chi connectivity index (χ1) is 18.2. The number of anilines is 3. The fourth-order valence-electron chi connectivity index (χ4n) is 3.75. The van der Waals surface area contributed by atoms with Crippen LogP contribution in [-0.4, -0.2) is 38.3 Å². The monoisotopic (exact) mass is 538 g/mol. The SMILES string of the molecule is O=[N+]([O-])c1ccccc1CS(=O)(=O)Nc1ccc(F)c(Nc2ncccc2-c2ncnc3nc[nH]c23)c1F.